The smallest absolute Gasteiger partial charge is 0.337 e. The minimum absolute atomic E-state index is 0.0915. The molecule has 0 aliphatic carbocycles. The molecule has 0 fully saturated rings. The number of amides is 2. The van der Waals surface area contributed by atoms with Gasteiger partial charge in [0.1, 0.15) is 0 Å². The summed E-state index contributed by atoms with van der Waals surface area (Å²) in [6, 6.07) is 12.3. The highest BCUT2D eigenvalue weighted by Gasteiger charge is 2.10. The number of esters is 1. The molecule has 0 aliphatic heterocycles. The van der Waals surface area contributed by atoms with E-state index in [1.165, 1.54) is 31.4 Å². The van der Waals surface area contributed by atoms with Crippen LogP contribution >= 0.6 is 12.2 Å². The number of hydrogen-bond donors (Lipinski definition) is 3. The second kappa shape index (κ2) is 8.02. The van der Waals surface area contributed by atoms with Crippen LogP contribution in [0.5, 0.6) is 0 Å². The number of nitrogens with two attached hydrogens (primary N) is 1. The zero-order valence-electron chi connectivity index (χ0n) is 13.2. The Kier molecular flexibility index (Phi) is 5.80. The number of methoxy groups -OCH3 is 1. The topological polar surface area (TPSA) is 111 Å². The number of thiocarbonyl (C=S) groups is 1. The molecule has 2 aromatic carbocycles. The van der Waals surface area contributed by atoms with E-state index >= 15 is 0 Å². The summed E-state index contributed by atoms with van der Waals surface area (Å²) < 4.78 is 4.59. The first-order valence-corrected chi connectivity index (χ1v) is 7.52. The van der Waals surface area contributed by atoms with Gasteiger partial charge in [-0.15, -0.1) is 0 Å². The van der Waals surface area contributed by atoms with Crippen LogP contribution in [0.1, 0.15) is 31.1 Å². The second-order valence-electron chi connectivity index (χ2n) is 4.92. The van der Waals surface area contributed by atoms with Crippen LogP contribution in [0.4, 0.5) is 5.69 Å². The Morgan fingerprint density at radius 2 is 1.44 bits per heavy atom. The van der Waals surface area contributed by atoms with Crippen molar-refractivity contribution in [2.75, 3.05) is 12.4 Å². The molecule has 128 valence electrons. The molecule has 2 rings (SSSR count). The van der Waals surface area contributed by atoms with Crippen molar-refractivity contribution in [1.82, 2.24) is 5.32 Å². The van der Waals surface area contributed by atoms with E-state index in [4.69, 9.17) is 18.0 Å². The molecule has 0 heterocycles. The maximum absolute atomic E-state index is 12.1. The van der Waals surface area contributed by atoms with E-state index in [2.05, 4.69) is 15.4 Å². The van der Waals surface area contributed by atoms with Gasteiger partial charge in [-0.1, -0.05) is 0 Å². The summed E-state index contributed by atoms with van der Waals surface area (Å²) in [6.07, 6.45) is 0. The van der Waals surface area contributed by atoms with Gasteiger partial charge in [0.15, 0.2) is 5.11 Å². The SMILES string of the molecule is COC(=O)c1ccc(C(=O)NC(=S)Nc2ccc(C(N)=O)cc2)cc1. The monoisotopic (exact) mass is 357 g/mol. The average Bonchev–Trinajstić information content (AvgIpc) is 2.61. The molecule has 0 saturated carbocycles. The number of nitrogens with one attached hydrogen (secondary N) is 2. The molecule has 0 bridgehead atoms. The van der Waals surface area contributed by atoms with Crippen molar-refractivity contribution in [3.8, 4) is 0 Å². The molecule has 2 amide bonds. The Morgan fingerprint density at radius 3 is 1.96 bits per heavy atom. The number of anilines is 1. The zero-order valence-corrected chi connectivity index (χ0v) is 14.1. The Morgan fingerprint density at radius 1 is 0.920 bits per heavy atom. The van der Waals surface area contributed by atoms with Gasteiger partial charge in [0, 0.05) is 16.8 Å². The number of carbonyl (C=O) groups excluding carboxylic acids is 3. The van der Waals surface area contributed by atoms with E-state index in [0.717, 1.165) is 0 Å². The highest BCUT2D eigenvalue weighted by molar-refractivity contribution is 7.80. The molecule has 4 N–H and O–H groups in total. The third-order valence-electron chi connectivity index (χ3n) is 3.22. The van der Waals surface area contributed by atoms with Gasteiger partial charge in [-0.05, 0) is 60.7 Å². The van der Waals surface area contributed by atoms with Gasteiger partial charge in [0.05, 0.1) is 12.7 Å². The summed E-state index contributed by atoms with van der Waals surface area (Å²) >= 11 is 5.07. The minimum Gasteiger partial charge on any atom is -0.465 e. The van der Waals surface area contributed by atoms with Crippen molar-refractivity contribution in [2.45, 2.75) is 0 Å². The molecule has 0 saturated heterocycles. The normalized spacial score (nSPS) is 9.80. The highest BCUT2D eigenvalue weighted by Crippen LogP contribution is 2.09. The zero-order chi connectivity index (χ0) is 18.4. The maximum Gasteiger partial charge on any atom is 0.337 e. The fourth-order valence-corrected chi connectivity index (χ4v) is 2.14. The second-order valence-corrected chi connectivity index (χ2v) is 5.33. The summed E-state index contributed by atoms with van der Waals surface area (Å²) in [5.41, 5.74) is 6.80. The van der Waals surface area contributed by atoms with Crippen LogP contribution in [-0.2, 0) is 4.74 Å². The first-order valence-electron chi connectivity index (χ1n) is 7.11. The maximum atomic E-state index is 12.1. The molecular weight excluding hydrogens is 342 g/mol. The fraction of sp³-hybridized carbons (Fsp3) is 0.0588. The number of hydrogen-bond acceptors (Lipinski definition) is 5. The van der Waals surface area contributed by atoms with Crippen molar-refractivity contribution in [3.63, 3.8) is 0 Å². The van der Waals surface area contributed by atoms with Crippen LogP contribution in [0.25, 0.3) is 0 Å². The van der Waals surface area contributed by atoms with E-state index in [9.17, 15) is 14.4 Å². The summed E-state index contributed by atoms with van der Waals surface area (Å²) in [5.74, 6) is -1.44. The van der Waals surface area contributed by atoms with E-state index in [1.807, 2.05) is 0 Å². The van der Waals surface area contributed by atoms with Gasteiger partial charge in [0.2, 0.25) is 5.91 Å². The largest absolute Gasteiger partial charge is 0.465 e. The lowest BCUT2D eigenvalue weighted by Gasteiger charge is -2.10. The first kappa shape index (κ1) is 18.1. The van der Waals surface area contributed by atoms with Crippen molar-refractivity contribution >= 4 is 40.8 Å². The van der Waals surface area contributed by atoms with Crippen LogP contribution in [0.2, 0.25) is 0 Å². The lowest BCUT2D eigenvalue weighted by Crippen LogP contribution is -2.34. The minimum atomic E-state index is -0.530. The Balaban J connectivity index is 1.96. The van der Waals surface area contributed by atoms with Gasteiger partial charge in [-0.25, -0.2) is 4.79 Å². The number of carbonyl (C=O) groups is 3. The van der Waals surface area contributed by atoms with E-state index in [-0.39, 0.29) is 5.11 Å². The summed E-state index contributed by atoms with van der Waals surface area (Å²) in [5, 5.41) is 5.43. The standard InChI is InChI=1S/C17H15N3O4S/c1-24-16(23)12-4-2-11(3-5-12)15(22)20-17(25)19-13-8-6-10(7-9-13)14(18)21/h2-9H,1H3,(H2,18,21)(H2,19,20,22,25). The van der Waals surface area contributed by atoms with Gasteiger partial charge < -0.3 is 15.8 Å². The van der Waals surface area contributed by atoms with E-state index in [1.54, 1.807) is 24.3 Å². The Hall–Kier alpha value is -3.26. The van der Waals surface area contributed by atoms with Gasteiger partial charge in [-0.2, -0.15) is 0 Å². The third kappa shape index (κ3) is 4.85. The highest BCUT2D eigenvalue weighted by atomic mass is 32.1. The first-order chi connectivity index (χ1) is 11.9. The molecule has 2 aromatic rings. The predicted molar refractivity (Wildman–Crippen MR) is 96.4 cm³/mol. The van der Waals surface area contributed by atoms with Crippen molar-refractivity contribution < 1.29 is 19.1 Å². The predicted octanol–water partition coefficient (Wildman–Crippen LogP) is 1.70. The molecule has 0 atom stereocenters. The van der Waals surface area contributed by atoms with Crippen LogP contribution in [-0.4, -0.2) is 30.0 Å². The van der Waals surface area contributed by atoms with Crippen LogP contribution in [0.15, 0.2) is 48.5 Å². The average molecular weight is 357 g/mol. The van der Waals surface area contributed by atoms with Crippen molar-refractivity contribution in [2.24, 2.45) is 5.73 Å². The van der Waals surface area contributed by atoms with E-state index < -0.39 is 17.8 Å². The Labute approximate surface area is 149 Å². The number of ether oxygens (including phenoxy) is 1. The molecule has 8 heteroatoms. The molecule has 0 aromatic heterocycles. The molecule has 25 heavy (non-hydrogen) atoms. The van der Waals surface area contributed by atoms with Crippen molar-refractivity contribution in [1.29, 1.82) is 0 Å². The van der Waals surface area contributed by atoms with Crippen LogP contribution in [0.3, 0.4) is 0 Å². The Bertz CT molecular complexity index is 817. The molecule has 7 nitrogen and oxygen atoms in total. The number of primary amides is 1. The lowest BCUT2D eigenvalue weighted by molar-refractivity contribution is 0.0600. The van der Waals surface area contributed by atoms with Crippen LogP contribution < -0.4 is 16.4 Å². The summed E-state index contributed by atoms with van der Waals surface area (Å²) in [4.78, 5) is 34.5. The van der Waals surface area contributed by atoms with E-state index in [0.29, 0.717) is 22.4 Å². The fourth-order valence-electron chi connectivity index (χ4n) is 1.93. The third-order valence-corrected chi connectivity index (χ3v) is 3.43. The summed E-state index contributed by atoms with van der Waals surface area (Å²) in [6.45, 7) is 0. The molecule has 0 radical (unpaired) electrons. The number of rotatable bonds is 4. The van der Waals surface area contributed by atoms with Gasteiger partial charge in [-0.3, -0.25) is 14.9 Å². The van der Waals surface area contributed by atoms with Crippen LogP contribution in [0, 0.1) is 0 Å². The lowest BCUT2D eigenvalue weighted by atomic mass is 10.1. The van der Waals surface area contributed by atoms with Gasteiger partial charge >= 0.3 is 5.97 Å². The van der Waals surface area contributed by atoms with Crippen molar-refractivity contribution in [3.05, 3.63) is 65.2 Å². The molecular formula is C17H15N3O4S. The summed E-state index contributed by atoms with van der Waals surface area (Å²) in [7, 11) is 1.28. The van der Waals surface area contributed by atoms with Gasteiger partial charge in [0.25, 0.3) is 5.91 Å². The molecule has 0 aliphatic rings. The molecule has 0 spiro atoms. The molecule has 0 unspecified atom stereocenters. The number of benzene rings is 2. The quantitative estimate of drug-likeness (QED) is 0.567.